The van der Waals surface area contributed by atoms with Gasteiger partial charge in [0.25, 0.3) is 0 Å². The van der Waals surface area contributed by atoms with E-state index in [1.54, 1.807) is 4.90 Å². The summed E-state index contributed by atoms with van der Waals surface area (Å²) in [7, 11) is 0. The second kappa shape index (κ2) is 7.04. The lowest BCUT2D eigenvalue weighted by atomic mass is 10.1. The maximum absolute atomic E-state index is 12.3. The van der Waals surface area contributed by atoms with Gasteiger partial charge in [0.1, 0.15) is 12.5 Å². The fourth-order valence-corrected chi connectivity index (χ4v) is 2.92. The van der Waals surface area contributed by atoms with Crippen LogP contribution in [0.5, 0.6) is 0 Å². The van der Waals surface area contributed by atoms with Crippen LogP contribution in [0.4, 0.5) is 0 Å². The molecule has 0 aromatic carbocycles. The quantitative estimate of drug-likeness (QED) is 0.632. The fraction of sp³-hybridized carbons (Fsp3) is 0.857. The first kappa shape index (κ1) is 15.3. The van der Waals surface area contributed by atoms with E-state index < -0.39 is 24.3 Å². The van der Waals surface area contributed by atoms with E-state index in [4.69, 9.17) is 0 Å². The smallest absolute Gasteiger partial charge is 0.316 e. The number of nitrogens with zero attached hydrogens (tertiary/aromatic N) is 2. The second-order valence-corrected chi connectivity index (χ2v) is 5.66. The van der Waals surface area contributed by atoms with E-state index in [0.29, 0.717) is 25.9 Å². The largest absolute Gasteiger partial charge is 0.373 e. The molecule has 2 fully saturated rings. The molecule has 0 aromatic rings. The number of hydrogen-bond donors (Lipinski definition) is 2. The van der Waals surface area contributed by atoms with Crippen LogP contribution in [0.1, 0.15) is 51.4 Å². The predicted octanol–water partition coefficient (Wildman–Crippen LogP) is 0.428. The minimum absolute atomic E-state index is 0.413. The van der Waals surface area contributed by atoms with Gasteiger partial charge in [0.15, 0.2) is 0 Å². The molecule has 0 radical (unpaired) electrons. The van der Waals surface area contributed by atoms with E-state index in [-0.39, 0.29) is 0 Å². The molecule has 0 spiro atoms. The van der Waals surface area contributed by atoms with Gasteiger partial charge < -0.3 is 15.1 Å². The molecule has 0 aromatic heterocycles. The SMILES string of the molecule is O=C1C(=O)N2C(O)CCCCCN1CCCCCC2O. The van der Waals surface area contributed by atoms with Crippen molar-refractivity contribution in [2.75, 3.05) is 13.1 Å². The van der Waals surface area contributed by atoms with Crippen LogP contribution in [0.2, 0.25) is 0 Å². The van der Waals surface area contributed by atoms with E-state index in [1.165, 1.54) is 0 Å². The summed E-state index contributed by atoms with van der Waals surface area (Å²) >= 11 is 0. The summed E-state index contributed by atoms with van der Waals surface area (Å²) in [6, 6.07) is 0. The molecule has 114 valence electrons. The summed E-state index contributed by atoms with van der Waals surface area (Å²) in [5.74, 6) is -1.36. The zero-order valence-electron chi connectivity index (χ0n) is 11.8. The van der Waals surface area contributed by atoms with Gasteiger partial charge in [0.2, 0.25) is 0 Å². The number of rotatable bonds is 0. The lowest BCUT2D eigenvalue weighted by Gasteiger charge is -2.35. The zero-order valence-corrected chi connectivity index (χ0v) is 11.8. The average molecular weight is 284 g/mol. The van der Waals surface area contributed by atoms with Crippen molar-refractivity contribution in [2.45, 2.75) is 63.8 Å². The Morgan fingerprint density at radius 1 is 0.750 bits per heavy atom. The lowest BCUT2D eigenvalue weighted by Crippen LogP contribution is -2.54. The number of aliphatic hydroxyl groups excluding tert-OH is 2. The molecule has 6 nitrogen and oxygen atoms in total. The first-order valence-corrected chi connectivity index (χ1v) is 7.59. The zero-order chi connectivity index (χ0) is 14.5. The van der Waals surface area contributed by atoms with Crippen LogP contribution in [0, 0.1) is 0 Å². The molecule has 2 heterocycles. The van der Waals surface area contributed by atoms with Gasteiger partial charge in [0.05, 0.1) is 0 Å². The lowest BCUT2D eigenvalue weighted by molar-refractivity contribution is -0.173. The van der Waals surface area contributed by atoms with Crippen LogP contribution >= 0.6 is 0 Å². The molecule has 0 saturated carbocycles. The normalized spacial score (nSPS) is 30.5. The molecule has 2 atom stereocenters. The summed E-state index contributed by atoms with van der Waals surface area (Å²) in [5, 5.41) is 20.3. The highest BCUT2D eigenvalue weighted by molar-refractivity contribution is 6.35. The number of carbonyl (C=O) groups excluding carboxylic acids is 2. The van der Waals surface area contributed by atoms with Gasteiger partial charge in [0, 0.05) is 13.1 Å². The Labute approximate surface area is 119 Å². The number of hydrogen-bond acceptors (Lipinski definition) is 4. The van der Waals surface area contributed by atoms with Gasteiger partial charge in [-0.3, -0.25) is 14.5 Å². The van der Waals surface area contributed by atoms with Crippen molar-refractivity contribution >= 4 is 11.8 Å². The Morgan fingerprint density at radius 2 is 1.25 bits per heavy atom. The van der Waals surface area contributed by atoms with E-state index in [9.17, 15) is 19.8 Å². The van der Waals surface area contributed by atoms with Crippen LogP contribution in [0.15, 0.2) is 0 Å². The van der Waals surface area contributed by atoms with E-state index in [1.807, 2.05) is 0 Å². The van der Waals surface area contributed by atoms with Crippen molar-refractivity contribution in [3.8, 4) is 0 Å². The van der Waals surface area contributed by atoms with Crippen LogP contribution in [0.3, 0.4) is 0 Å². The standard InChI is InChI=1S/C14H24N2O4/c17-11-7-3-1-5-9-15-10-6-2-4-8-12(18)16(11)14(20)13(15)19/h11-12,17-18H,1-10H2. The van der Waals surface area contributed by atoms with Crippen LogP contribution in [-0.2, 0) is 9.59 Å². The van der Waals surface area contributed by atoms with Gasteiger partial charge in [-0.25, -0.2) is 0 Å². The van der Waals surface area contributed by atoms with Crippen molar-refractivity contribution in [1.29, 1.82) is 0 Å². The van der Waals surface area contributed by atoms with Crippen molar-refractivity contribution in [3.05, 3.63) is 0 Å². The minimum atomic E-state index is -1.07. The molecule has 2 unspecified atom stereocenters. The van der Waals surface area contributed by atoms with Crippen LogP contribution in [0.25, 0.3) is 0 Å². The minimum Gasteiger partial charge on any atom is -0.373 e. The molecular weight excluding hydrogens is 260 g/mol. The second-order valence-electron chi connectivity index (χ2n) is 5.66. The number of amides is 2. The number of fused-ring (bicyclic) bond motifs is 3. The Balaban J connectivity index is 2.26. The average Bonchev–Trinajstić information content (AvgIpc) is 2.42. The molecule has 2 N–H and O–H groups in total. The fourth-order valence-electron chi connectivity index (χ4n) is 2.92. The predicted molar refractivity (Wildman–Crippen MR) is 72.4 cm³/mol. The number of aliphatic hydroxyl groups is 2. The summed E-state index contributed by atoms with van der Waals surface area (Å²) in [6.45, 7) is 1.18. The summed E-state index contributed by atoms with van der Waals surface area (Å²) < 4.78 is 0. The maximum Gasteiger partial charge on any atom is 0.316 e. The third kappa shape index (κ3) is 3.49. The molecule has 2 saturated heterocycles. The monoisotopic (exact) mass is 284 g/mol. The first-order chi connectivity index (χ1) is 9.61. The first-order valence-electron chi connectivity index (χ1n) is 7.59. The molecule has 2 bridgehead atoms. The van der Waals surface area contributed by atoms with E-state index in [2.05, 4.69) is 0 Å². The maximum atomic E-state index is 12.3. The Kier molecular flexibility index (Phi) is 5.37. The van der Waals surface area contributed by atoms with E-state index >= 15 is 0 Å². The van der Waals surface area contributed by atoms with Crippen molar-refractivity contribution in [3.63, 3.8) is 0 Å². The Hall–Kier alpha value is -1.14. The summed E-state index contributed by atoms with van der Waals surface area (Å²) in [6.07, 6.45) is 3.81. The topological polar surface area (TPSA) is 81.1 Å². The number of carbonyl (C=O) groups is 2. The summed E-state index contributed by atoms with van der Waals surface area (Å²) in [4.78, 5) is 27.1. The third-order valence-corrected chi connectivity index (χ3v) is 4.13. The van der Waals surface area contributed by atoms with Gasteiger partial charge in [-0.2, -0.15) is 0 Å². The molecule has 0 aliphatic carbocycles. The molecule has 2 amide bonds. The van der Waals surface area contributed by atoms with Gasteiger partial charge in [-0.15, -0.1) is 0 Å². The van der Waals surface area contributed by atoms with Gasteiger partial charge in [-0.05, 0) is 38.5 Å². The Bertz CT molecular complexity index is 341. The highest BCUT2D eigenvalue weighted by Gasteiger charge is 2.35. The molecule has 2 aliphatic heterocycles. The van der Waals surface area contributed by atoms with Gasteiger partial charge >= 0.3 is 11.8 Å². The Morgan fingerprint density at radius 3 is 1.75 bits per heavy atom. The van der Waals surface area contributed by atoms with Crippen molar-refractivity contribution < 1.29 is 19.8 Å². The van der Waals surface area contributed by atoms with Crippen molar-refractivity contribution in [1.82, 2.24) is 9.80 Å². The molecule has 2 rings (SSSR count). The molecule has 2 aliphatic rings. The summed E-state index contributed by atoms with van der Waals surface area (Å²) in [5.41, 5.74) is 0. The highest BCUT2D eigenvalue weighted by Crippen LogP contribution is 2.19. The molecule has 6 heteroatoms. The van der Waals surface area contributed by atoms with Crippen molar-refractivity contribution in [2.24, 2.45) is 0 Å². The van der Waals surface area contributed by atoms with Crippen LogP contribution < -0.4 is 0 Å². The third-order valence-electron chi connectivity index (χ3n) is 4.13. The highest BCUT2D eigenvalue weighted by atomic mass is 16.3. The molecule has 20 heavy (non-hydrogen) atoms. The molecular formula is C14H24N2O4. The van der Waals surface area contributed by atoms with Crippen LogP contribution in [-0.4, -0.2) is 57.4 Å². The van der Waals surface area contributed by atoms with E-state index in [0.717, 1.165) is 43.4 Å². The van der Waals surface area contributed by atoms with Gasteiger partial charge in [-0.1, -0.05) is 12.8 Å².